The van der Waals surface area contributed by atoms with Gasteiger partial charge in [0.15, 0.2) is 0 Å². The molecule has 1 aliphatic heterocycles. The molecule has 2 atom stereocenters. The molecular weight excluding hydrogens is 248 g/mol. The lowest BCUT2D eigenvalue weighted by atomic mass is 10.0. The first kappa shape index (κ1) is 13.5. The Kier molecular flexibility index (Phi) is 4.74. The second-order valence-electron chi connectivity index (χ2n) is 4.34. The van der Waals surface area contributed by atoms with Crippen molar-refractivity contribution in [2.75, 3.05) is 20.0 Å². The van der Waals surface area contributed by atoms with E-state index in [1.807, 2.05) is 30.0 Å². The van der Waals surface area contributed by atoms with Crippen LogP contribution in [0.15, 0.2) is 18.2 Å². The number of hydrogen-bond donors (Lipinski definition) is 2. The van der Waals surface area contributed by atoms with E-state index in [2.05, 4.69) is 5.43 Å². The van der Waals surface area contributed by atoms with Gasteiger partial charge in [-0.05, 0) is 36.3 Å². The van der Waals surface area contributed by atoms with E-state index in [9.17, 15) is 0 Å². The number of nitrogens with one attached hydrogen (secondary N) is 1. The van der Waals surface area contributed by atoms with Crippen molar-refractivity contribution in [1.29, 1.82) is 0 Å². The molecule has 1 aliphatic rings. The highest BCUT2D eigenvalue weighted by molar-refractivity contribution is 8.00. The Balaban J connectivity index is 2.28. The fourth-order valence-electron chi connectivity index (χ4n) is 2.29. The normalized spacial score (nSPS) is 20.7. The lowest BCUT2D eigenvalue weighted by Gasteiger charge is -2.23. The molecule has 0 aliphatic carbocycles. The van der Waals surface area contributed by atoms with Gasteiger partial charge in [-0.1, -0.05) is 0 Å². The molecule has 0 spiro atoms. The van der Waals surface area contributed by atoms with Crippen LogP contribution in [-0.4, -0.2) is 25.2 Å². The van der Waals surface area contributed by atoms with Crippen molar-refractivity contribution < 1.29 is 9.47 Å². The summed E-state index contributed by atoms with van der Waals surface area (Å²) >= 11 is 1.97. The molecule has 1 aromatic carbocycles. The smallest absolute Gasteiger partial charge is 0.122 e. The van der Waals surface area contributed by atoms with Crippen molar-refractivity contribution >= 4 is 11.8 Å². The summed E-state index contributed by atoms with van der Waals surface area (Å²) in [6.07, 6.45) is 2.45. The van der Waals surface area contributed by atoms with Gasteiger partial charge < -0.3 is 9.47 Å². The molecule has 4 nitrogen and oxygen atoms in total. The molecule has 2 rings (SSSR count). The third-order valence-electron chi connectivity index (χ3n) is 3.25. The van der Waals surface area contributed by atoms with E-state index in [1.54, 1.807) is 14.2 Å². The molecule has 0 aromatic heterocycles. The fourth-order valence-corrected chi connectivity index (χ4v) is 3.69. The van der Waals surface area contributed by atoms with Crippen molar-refractivity contribution in [3.8, 4) is 11.5 Å². The number of nitrogens with two attached hydrogens (primary N) is 1. The second-order valence-corrected chi connectivity index (χ2v) is 5.69. The Morgan fingerprint density at radius 1 is 1.28 bits per heavy atom. The highest BCUT2D eigenvalue weighted by atomic mass is 32.2. The van der Waals surface area contributed by atoms with Gasteiger partial charge >= 0.3 is 0 Å². The third kappa shape index (κ3) is 2.91. The van der Waals surface area contributed by atoms with Crippen LogP contribution in [-0.2, 0) is 0 Å². The molecule has 5 heteroatoms. The summed E-state index contributed by atoms with van der Waals surface area (Å²) in [4.78, 5) is 0. The summed E-state index contributed by atoms with van der Waals surface area (Å²) < 4.78 is 10.6. The quantitative estimate of drug-likeness (QED) is 0.632. The van der Waals surface area contributed by atoms with E-state index >= 15 is 0 Å². The Labute approximate surface area is 112 Å². The zero-order chi connectivity index (χ0) is 13.0. The lowest BCUT2D eigenvalue weighted by molar-refractivity contribution is 0.391. The molecule has 18 heavy (non-hydrogen) atoms. The van der Waals surface area contributed by atoms with E-state index in [4.69, 9.17) is 15.3 Å². The first-order valence-electron chi connectivity index (χ1n) is 6.09. The van der Waals surface area contributed by atoms with Crippen molar-refractivity contribution in [2.45, 2.75) is 24.1 Å². The Bertz CT molecular complexity index is 372. The number of ether oxygens (including phenoxy) is 2. The molecule has 0 radical (unpaired) electrons. The van der Waals surface area contributed by atoms with E-state index in [0.29, 0.717) is 5.25 Å². The van der Waals surface area contributed by atoms with Gasteiger partial charge in [-0.25, -0.2) is 0 Å². The monoisotopic (exact) mass is 268 g/mol. The topological polar surface area (TPSA) is 56.5 Å². The van der Waals surface area contributed by atoms with Crippen LogP contribution in [0.5, 0.6) is 11.5 Å². The van der Waals surface area contributed by atoms with E-state index < -0.39 is 0 Å². The largest absolute Gasteiger partial charge is 0.497 e. The Morgan fingerprint density at radius 2 is 1.94 bits per heavy atom. The Morgan fingerprint density at radius 3 is 2.39 bits per heavy atom. The standard InChI is InChI=1S/C13H20N2O2S/c1-16-10-6-9(7-11(8-10)17-2)13(15-14)12-4-3-5-18-12/h6-8,12-13,15H,3-5,14H2,1-2H3. The van der Waals surface area contributed by atoms with Crippen LogP contribution < -0.4 is 20.7 Å². The van der Waals surface area contributed by atoms with Gasteiger partial charge in [0.05, 0.1) is 20.3 Å². The third-order valence-corrected chi connectivity index (χ3v) is 4.71. The number of hydrazine groups is 1. The van der Waals surface area contributed by atoms with Gasteiger partial charge in [0, 0.05) is 11.3 Å². The molecule has 0 saturated carbocycles. The lowest BCUT2D eigenvalue weighted by Crippen LogP contribution is -2.34. The zero-order valence-electron chi connectivity index (χ0n) is 10.8. The van der Waals surface area contributed by atoms with Crippen LogP contribution in [0.1, 0.15) is 24.4 Å². The number of benzene rings is 1. The Hall–Kier alpha value is -0.910. The molecule has 100 valence electrons. The van der Waals surface area contributed by atoms with Crippen molar-refractivity contribution in [3.63, 3.8) is 0 Å². The summed E-state index contributed by atoms with van der Waals surface area (Å²) in [7, 11) is 3.32. The molecule has 2 unspecified atom stereocenters. The van der Waals surface area contributed by atoms with Crippen molar-refractivity contribution in [1.82, 2.24) is 5.43 Å². The molecular formula is C13H20N2O2S. The minimum Gasteiger partial charge on any atom is -0.497 e. The average Bonchev–Trinajstić information content (AvgIpc) is 2.93. The molecule has 0 bridgehead atoms. The molecule has 1 saturated heterocycles. The van der Waals surface area contributed by atoms with Crippen LogP contribution in [0.25, 0.3) is 0 Å². The number of thioether (sulfide) groups is 1. The summed E-state index contributed by atoms with van der Waals surface area (Å²) in [6.45, 7) is 0. The van der Waals surface area contributed by atoms with Crippen LogP contribution in [0.3, 0.4) is 0 Å². The van der Waals surface area contributed by atoms with Crippen LogP contribution in [0.2, 0.25) is 0 Å². The van der Waals surface area contributed by atoms with Crippen LogP contribution in [0.4, 0.5) is 0 Å². The molecule has 1 aromatic rings. The van der Waals surface area contributed by atoms with Gasteiger partial charge in [-0.15, -0.1) is 0 Å². The zero-order valence-corrected chi connectivity index (χ0v) is 11.6. The summed E-state index contributed by atoms with van der Waals surface area (Å²) in [5, 5.41) is 0.520. The minimum atomic E-state index is 0.140. The maximum Gasteiger partial charge on any atom is 0.122 e. The average molecular weight is 268 g/mol. The number of rotatable bonds is 5. The molecule has 3 N–H and O–H groups in total. The van der Waals surface area contributed by atoms with Crippen molar-refractivity contribution in [2.24, 2.45) is 5.84 Å². The summed E-state index contributed by atoms with van der Waals surface area (Å²) in [5.41, 5.74) is 4.05. The SMILES string of the molecule is COc1cc(OC)cc(C(NN)C2CCCS2)c1. The van der Waals surface area contributed by atoms with Gasteiger partial charge in [-0.2, -0.15) is 11.8 Å². The predicted molar refractivity (Wildman–Crippen MR) is 75.1 cm³/mol. The highest BCUT2D eigenvalue weighted by Gasteiger charge is 2.26. The van der Waals surface area contributed by atoms with Gasteiger partial charge in [0.2, 0.25) is 0 Å². The fraction of sp³-hybridized carbons (Fsp3) is 0.538. The van der Waals surface area contributed by atoms with Gasteiger partial charge in [0.1, 0.15) is 11.5 Å². The predicted octanol–water partition coefficient (Wildman–Crippen LogP) is 2.10. The van der Waals surface area contributed by atoms with Crippen LogP contribution in [0, 0.1) is 0 Å². The molecule has 1 fully saturated rings. The minimum absolute atomic E-state index is 0.140. The molecule has 1 heterocycles. The first-order chi connectivity index (χ1) is 8.78. The van der Waals surface area contributed by atoms with E-state index in [-0.39, 0.29) is 6.04 Å². The first-order valence-corrected chi connectivity index (χ1v) is 7.14. The highest BCUT2D eigenvalue weighted by Crippen LogP contribution is 2.37. The number of methoxy groups -OCH3 is 2. The summed E-state index contributed by atoms with van der Waals surface area (Å²) in [6, 6.07) is 6.05. The second kappa shape index (κ2) is 6.31. The number of hydrogen-bond acceptors (Lipinski definition) is 5. The van der Waals surface area contributed by atoms with Crippen LogP contribution >= 0.6 is 11.8 Å². The van der Waals surface area contributed by atoms with E-state index in [0.717, 1.165) is 17.1 Å². The van der Waals surface area contributed by atoms with E-state index in [1.165, 1.54) is 18.6 Å². The van der Waals surface area contributed by atoms with Crippen molar-refractivity contribution in [3.05, 3.63) is 23.8 Å². The molecule has 0 amide bonds. The maximum atomic E-state index is 5.72. The van der Waals surface area contributed by atoms with Gasteiger partial charge in [0.25, 0.3) is 0 Å². The summed E-state index contributed by atoms with van der Waals surface area (Å²) in [5.74, 6) is 8.53. The van der Waals surface area contributed by atoms with Gasteiger partial charge in [-0.3, -0.25) is 11.3 Å². The maximum absolute atomic E-state index is 5.72.